The number of hydrogen-bond donors (Lipinski definition) is 1. The Morgan fingerprint density at radius 2 is 1.63 bits per heavy atom. The minimum absolute atomic E-state index is 0.119. The van der Waals surface area contributed by atoms with E-state index in [4.69, 9.17) is 0 Å². The summed E-state index contributed by atoms with van der Waals surface area (Å²) in [6, 6.07) is 12.9. The molecule has 100 valence electrons. The molecule has 0 heterocycles. The fourth-order valence-electron chi connectivity index (χ4n) is 2.25. The van der Waals surface area contributed by atoms with Gasteiger partial charge in [0.25, 0.3) is 0 Å². The van der Waals surface area contributed by atoms with Gasteiger partial charge in [-0.05, 0) is 49.6 Å². The van der Waals surface area contributed by atoms with Gasteiger partial charge in [-0.1, -0.05) is 35.4 Å². The van der Waals surface area contributed by atoms with Gasteiger partial charge in [0.1, 0.15) is 0 Å². The molecule has 1 N–H and O–H groups in total. The molecule has 0 saturated heterocycles. The number of aryl methyl sites for hydroxylation is 3. The molecule has 2 aromatic carbocycles. The Morgan fingerprint density at radius 1 is 0.947 bits per heavy atom. The highest BCUT2D eigenvalue weighted by molar-refractivity contribution is 7.98. The second-order valence-electron chi connectivity index (χ2n) is 5.03. The SMILES string of the molecule is Cc1cc(C)cc(CSc2ccc(CO)c(C)c2)c1. The van der Waals surface area contributed by atoms with Gasteiger partial charge >= 0.3 is 0 Å². The molecular formula is C17H20OS. The third-order valence-electron chi connectivity index (χ3n) is 3.17. The normalized spacial score (nSPS) is 10.7. The van der Waals surface area contributed by atoms with E-state index in [0.717, 1.165) is 16.9 Å². The maximum atomic E-state index is 9.17. The zero-order valence-corrected chi connectivity index (χ0v) is 12.6. The Labute approximate surface area is 119 Å². The lowest BCUT2D eigenvalue weighted by atomic mass is 10.1. The molecule has 2 aromatic rings. The Morgan fingerprint density at radius 3 is 2.21 bits per heavy atom. The van der Waals surface area contributed by atoms with E-state index < -0.39 is 0 Å². The van der Waals surface area contributed by atoms with Gasteiger partial charge in [0.15, 0.2) is 0 Å². The summed E-state index contributed by atoms with van der Waals surface area (Å²) in [5.74, 6) is 0.987. The fourth-order valence-corrected chi connectivity index (χ4v) is 3.18. The van der Waals surface area contributed by atoms with Gasteiger partial charge in [-0.2, -0.15) is 0 Å². The molecule has 19 heavy (non-hydrogen) atoms. The van der Waals surface area contributed by atoms with Gasteiger partial charge in [-0.15, -0.1) is 11.8 Å². The minimum atomic E-state index is 0.119. The first-order chi connectivity index (χ1) is 9.08. The van der Waals surface area contributed by atoms with E-state index in [1.165, 1.54) is 21.6 Å². The molecule has 2 rings (SSSR count). The van der Waals surface area contributed by atoms with Crippen molar-refractivity contribution in [2.45, 2.75) is 38.0 Å². The first kappa shape index (κ1) is 14.2. The zero-order valence-electron chi connectivity index (χ0n) is 11.7. The standard InChI is InChI=1S/C17H20OS/c1-12-6-13(2)8-15(7-12)11-19-17-5-4-16(10-18)14(3)9-17/h4-9,18H,10-11H2,1-3H3. The molecule has 0 aromatic heterocycles. The lowest BCUT2D eigenvalue weighted by Crippen LogP contribution is -1.89. The highest BCUT2D eigenvalue weighted by atomic mass is 32.2. The van der Waals surface area contributed by atoms with Crippen molar-refractivity contribution in [3.63, 3.8) is 0 Å². The Kier molecular flexibility index (Phi) is 4.67. The van der Waals surface area contributed by atoms with Crippen LogP contribution in [0.1, 0.15) is 27.8 Å². The molecule has 0 bridgehead atoms. The Hall–Kier alpha value is -1.25. The summed E-state index contributed by atoms with van der Waals surface area (Å²) in [6.45, 7) is 6.45. The maximum Gasteiger partial charge on any atom is 0.0684 e. The Balaban J connectivity index is 2.08. The molecule has 0 unspecified atom stereocenters. The lowest BCUT2D eigenvalue weighted by Gasteiger charge is -2.08. The van der Waals surface area contributed by atoms with Crippen LogP contribution in [0, 0.1) is 20.8 Å². The summed E-state index contributed by atoms with van der Waals surface area (Å²) in [5, 5.41) is 9.17. The minimum Gasteiger partial charge on any atom is -0.392 e. The molecule has 1 nitrogen and oxygen atoms in total. The molecule has 0 aliphatic carbocycles. The van der Waals surface area contributed by atoms with Gasteiger partial charge in [-0.25, -0.2) is 0 Å². The molecule has 0 spiro atoms. The predicted octanol–water partition coefficient (Wildman–Crippen LogP) is 4.40. The van der Waals surface area contributed by atoms with Crippen LogP contribution in [0.5, 0.6) is 0 Å². The van der Waals surface area contributed by atoms with Crippen molar-refractivity contribution in [3.05, 3.63) is 64.2 Å². The van der Waals surface area contributed by atoms with Gasteiger partial charge in [0.05, 0.1) is 6.61 Å². The van der Waals surface area contributed by atoms with Crippen molar-refractivity contribution < 1.29 is 5.11 Å². The molecule has 2 heteroatoms. The van der Waals surface area contributed by atoms with Crippen molar-refractivity contribution >= 4 is 11.8 Å². The number of thioether (sulfide) groups is 1. The lowest BCUT2D eigenvalue weighted by molar-refractivity contribution is 0.281. The van der Waals surface area contributed by atoms with Crippen LogP contribution in [0.3, 0.4) is 0 Å². The molecule has 0 amide bonds. The molecule has 0 saturated carbocycles. The average Bonchev–Trinajstić information content (AvgIpc) is 2.35. The summed E-state index contributed by atoms with van der Waals surface area (Å²) in [5.41, 5.74) is 6.18. The van der Waals surface area contributed by atoms with E-state index in [2.05, 4.69) is 44.2 Å². The molecule has 0 radical (unpaired) electrons. The van der Waals surface area contributed by atoms with Gasteiger partial charge in [0.2, 0.25) is 0 Å². The smallest absolute Gasteiger partial charge is 0.0684 e. The summed E-state index contributed by atoms with van der Waals surface area (Å²) < 4.78 is 0. The van der Waals surface area contributed by atoms with Crippen LogP contribution in [-0.4, -0.2) is 5.11 Å². The van der Waals surface area contributed by atoms with E-state index >= 15 is 0 Å². The highest BCUT2D eigenvalue weighted by Crippen LogP contribution is 2.25. The number of rotatable bonds is 4. The van der Waals surface area contributed by atoms with Crippen LogP contribution in [0.15, 0.2) is 41.3 Å². The third kappa shape index (κ3) is 3.85. The van der Waals surface area contributed by atoms with Crippen LogP contribution < -0.4 is 0 Å². The van der Waals surface area contributed by atoms with Crippen LogP contribution in [0.25, 0.3) is 0 Å². The van der Waals surface area contributed by atoms with Crippen molar-refractivity contribution in [1.82, 2.24) is 0 Å². The summed E-state index contributed by atoms with van der Waals surface area (Å²) >= 11 is 1.84. The van der Waals surface area contributed by atoms with Gasteiger partial charge < -0.3 is 5.11 Å². The Bertz CT molecular complexity index is 555. The summed E-state index contributed by atoms with van der Waals surface area (Å²) in [4.78, 5) is 1.26. The fraction of sp³-hybridized carbons (Fsp3) is 0.294. The van der Waals surface area contributed by atoms with E-state index in [9.17, 15) is 5.11 Å². The first-order valence-electron chi connectivity index (χ1n) is 6.49. The monoisotopic (exact) mass is 272 g/mol. The van der Waals surface area contributed by atoms with E-state index in [1.54, 1.807) is 0 Å². The maximum absolute atomic E-state index is 9.17. The predicted molar refractivity (Wildman–Crippen MR) is 82.6 cm³/mol. The second-order valence-corrected chi connectivity index (χ2v) is 6.08. The van der Waals surface area contributed by atoms with Crippen LogP contribution >= 0.6 is 11.8 Å². The van der Waals surface area contributed by atoms with Crippen LogP contribution in [-0.2, 0) is 12.4 Å². The molecule has 0 aliphatic rings. The van der Waals surface area contributed by atoms with Crippen LogP contribution in [0.4, 0.5) is 0 Å². The van der Waals surface area contributed by atoms with Gasteiger partial charge in [0, 0.05) is 10.6 Å². The van der Waals surface area contributed by atoms with E-state index in [0.29, 0.717) is 0 Å². The van der Waals surface area contributed by atoms with Crippen LogP contribution in [0.2, 0.25) is 0 Å². The quantitative estimate of drug-likeness (QED) is 0.833. The van der Waals surface area contributed by atoms with Crippen molar-refractivity contribution in [2.24, 2.45) is 0 Å². The van der Waals surface area contributed by atoms with Crippen molar-refractivity contribution in [2.75, 3.05) is 0 Å². The van der Waals surface area contributed by atoms with Crippen molar-refractivity contribution in [3.8, 4) is 0 Å². The molecule has 0 fully saturated rings. The largest absolute Gasteiger partial charge is 0.392 e. The number of aliphatic hydroxyl groups excluding tert-OH is 1. The second kappa shape index (κ2) is 6.27. The van der Waals surface area contributed by atoms with E-state index in [-0.39, 0.29) is 6.61 Å². The number of benzene rings is 2. The van der Waals surface area contributed by atoms with E-state index in [1.807, 2.05) is 24.8 Å². The topological polar surface area (TPSA) is 20.2 Å². The third-order valence-corrected chi connectivity index (χ3v) is 4.24. The molecule has 0 atom stereocenters. The zero-order chi connectivity index (χ0) is 13.8. The number of hydrogen-bond acceptors (Lipinski definition) is 2. The number of aliphatic hydroxyl groups is 1. The summed E-state index contributed by atoms with van der Waals surface area (Å²) in [6.07, 6.45) is 0. The van der Waals surface area contributed by atoms with Gasteiger partial charge in [-0.3, -0.25) is 0 Å². The average molecular weight is 272 g/mol. The first-order valence-corrected chi connectivity index (χ1v) is 7.47. The highest BCUT2D eigenvalue weighted by Gasteiger charge is 2.01. The summed E-state index contributed by atoms with van der Waals surface area (Å²) in [7, 11) is 0. The molecular weight excluding hydrogens is 252 g/mol. The molecule has 0 aliphatic heterocycles. The van der Waals surface area contributed by atoms with Crippen molar-refractivity contribution in [1.29, 1.82) is 0 Å².